The first kappa shape index (κ1) is 22.7. The molecule has 5 heterocycles. The highest BCUT2D eigenvalue weighted by molar-refractivity contribution is 7.85. The van der Waals surface area contributed by atoms with E-state index in [1.54, 1.807) is 6.20 Å². The van der Waals surface area contributed by atoms with Gasteiger partial charge in [-0.15, -0.1) is 0 Å². The number of nitrogens with zero attached hydrogens (tertiary/aromatic N) is 5. The Balaban J connectivity index is 1.61. The summed E-state index contributed by atoms with van der Waals surface area (Å²) < 4.78 is 47.5. The lowest BCUT2D eigenvalue weighted by molar-refractivity contribution is -0.0383. The van der Waals surface area contributed by atoms with E-state index in [0.717, 1.165) is 47.3 Å². The van der Waals surface area contributed by atoms with Crippen molar-refractivity contribution in [3.05, 3.63) is 23.9 Å². The van der Waals surface area contributed by atoms with E-state index in [1.807, 2.05) is 16.8 Å². The molecule has 0 N–H and O–H groups in total. The highest BCUT2D eigenvalue weighted by Crippen LogP contribution is 2.36. The molecule has 0 amide bonds. The van der Waals surface area contributed by atoms with E-state index in [1.165, 1.54) is 11.5 Å². The summed E-state index contributed by atoms with van der Waals surface area (Å²) >= 11 is 1.29. The molecule has 10 nitrogen and oxygen atoms in total. The summed E-state index contributed by atoms with van der Waals surface area (Å²) in [6.45, 7) is 4.64. The fourth-order valence-electron chi connectivity index (χ4n) is 4.28. The van der Waals surface area contributed by atoms with Crippen molar-refractivity contribution in [2.45, 2.75) is 45.1 Å². The molecule has 2 aliphatic heterocycles. The molecule has 0 spiro atoms. The largest absolute Gasteiger partial charge is 0.377 e. The van der Waals surface area contributed by atoms with E-state index in [9.17, 15) is 8.42 Å². The van der Waals surface area contributed by atoms with Crippen LogP contribution in [0.2, 0.25) is 0 Å². The number of anilines is 1. The van der Waals surface area contributed by atoms with Crippen LogP contribution in [0.1, 0.15) is 38.0 Å². The first-order valence-electron chi connectivity index (χ1n) is 11.0. The molecule has 12 heteroatoms. The molecule has 33 heavy (non-hydrogen) atoms. The van der Waals surface area contributed by atoms with Crippen molar-refractivity contribution in [1.29, 1.82) is 0 Å². The van der Waals surface area contributed by atoms with Gasteiger partial charge in [-0.1, -0.05) is 0 Å². The van der Waals surface area contributed by atoms with Gasteiger partial charge < -0.3 is 14.4 Å². The number of fused-ring (bicyclic) bond motifs is 1. The monoisotopic (exact) mass is 493 g/mol. The number of morpholine rings is 1. The van der Waals surface area contributed by atoms with Gasteiger partial charge in [-0.3, -0.25) is 4.18 Å². The lowest BCUT2D eigenvalue weighted by Gasteiger charge is -2.34. The highest BCUT2D eigenvalue weighted by atomic mass is 32.2. The number of hydrogen-bond acceptors (Lipinski definition) is 10. The number of pyridine rings is 1. The first-order chi connectivity index (χ1) is 15.9. The maximum atomic E-state index is 11.7. The van der Waals surface area contributed by atoms with Crippen molar-refractivity contribution in [3.8, 4) is 11.4 Å². The zero-order valence-corrected chi connectivity index (χ0v) is 20.3. The average Bonchev–Trinajstić information content (AvgIpc) is 3.44. The molecule has 5 rings (SSSR count). The summed E-state index contributed by atoms with van der Waals surface area (Å²) in [6, 6.07) is 3.97. The van der Waals surface area contributed by atoms with Gasteiger partial charge in [0.1, 0.15) is 17.0 Å². The smallest absolute Gasteiger partial charge is 0.264 e. The van der Waals surface area contributed by atoms with E-state index in [4.69, 9.17) is 23.0 Å². The molecule has 2 atom stereocenters. The van der Waals surface area contributed by atoms with E-state index in [-0.39, 0.29) is 18.9 Å². The van der Waals surface area contributed by atoms with Crippen LogP contribution < -0.4 is 4.90 Å². The molecule has 0 aliphatic carbocycles. The van der Waals surface area contributed by atoms with Crippen molar-refractivity contribution in [3.63, 3.8) is 0 Å². The Hall–Kier alpha value is -2.12. The van der Waals surface area contributed by atoms with Crippen LogP contribution in [0.15, 0.2) is 18.3 Å². The molecule has 3 aromatic rings. The SMILES string of the molecule is CC1COCCN1c1cc(COS(C)(=O)=O)c2snc(-c3ccnn3C3CCCCO3)c2n1. The number of hydrogen-bond donors (Lipinski definition) is 0. The van der Waals surface area contributed by atoms with Crippen molar-refractivity contribution < 1.29 is 22.1 Å². The molecule has 2 aliphatic rings. The summed E-state index contributed by atoms with van der Waals surface area (Å²) in [4.78, 5) is 7.16. The van der Waals surface area contributed by atoms with Gasteiger partial charge in [-0.2, -0.15) is 17.9 Å². The Morgan fingerprint density at radius 2 is 2.18 bits per heavy atom. The van der Waals surface area contributed by atoms with Crippen LogP contribution in [0, 0.1) is 0 Å². The normalized spacial score (nSPS) is 22.2. The molecule has 0 bridgehead atoms. The van der Waals surface area contributed by atoms with E-state index in [0.29, 0.717) is 37.6 Å². The lowest BCUT2D eigenvalue weighted by Crippen LogP contribution is -2.44. The Morgan fingerprint density at radius 3 is 2.94 bits per heavy atom. The molecule has 2 fully saturated rings. The molecule has 0 radical (unpaired) electrons. The van der Waals surface area contributed by atoms with Gasteiger partial charge in [0.05, 0.1) is 42.5 Å². The topological polar surface area (TPSA) is 109 Å². The van der Waals surface area contributed by atoms with Gasteiger partial charge in [0.2, 0.25) is 0 Å². The number of rotatable bonds is 6. The summed E-state index contributed by atoms with van der Waals surface area (Å²) in [5.74, 6) is 0.756. The number of aromatic nitrogens is 4. The van der Waals surface area contributed by atoms with Gasteiger partial charge in [0.25, 0.3) is 10.1 Å². The fourth-order valence-corrected chi connectivity index (χ4v) is 5.44. The molecule has 3 aromatic heterocycles. The molecule has 2 saturated heterocycles. The first-order valence-corrected chi connectivity index (χ1v) is 13.6. The molecule has 0 saturated carbocycles. The lowest BCUT2D eigenvalue weighted by atomic mass is 10.1. The van der Waals surface area contributed by atoms with Crippen LogP contribution in [0.3, 0.4) is 0 Å². The zero-order chi connectivity index (χ0) is 23.0. The van der Waals surface area contributed by atoms with E-state index in [2.05, 4.69) is 16.9 Å². The predicted octanol–water partition coefficient (Wildman–Crippen LogP) is 2.96. The Kier molecular flexibility index (Phi) is 6.36. The van der Waals surface area contributed by atoms with Gasteiger partial charge in [-0.25, -0.2) is 9.67 Å². The summed E-state index contributed by atoms with van der Waals surface area (Å²) in [6.07, 6.45) is 5.72. The maximum Gasteiger partial charge on any atom is 0.264 e. The third-order valence-electron chi connectivity index (χ3n) is 5.92. The minimum absolute atomic E-state index is 0.0732. The van der Waals surface area contributed by atoms with Crippen LogP contribution in [-0.4, -0.2) is 66.2 Å². The van der Waals surface area contributed by atoms with Gasteiger partial charge in [0.15, 0.2) is 6.23 Å². The Labute approximate surface area is 196 Å². The third-order valence-corrected chi connectivity index (χ3v) is 7.38. The minimum Gasteiger partial charge on any atom is -0.377 e. The maximum absolute atomic E-state index is 11.7. The highest BCUT2D eigenvalue weighted by Gasteiger charge is 2.26. The molecule has 2 unspecified atom stereocenters. The molecule has 178 valence electrons. The van der Waals surface area contributed by atoms with Gasteiger partial charge in [-0.05, 0) is 49.9 Å². The standard InChI is InChI=1S/C21H27N5O5S2/c1-14-12-29-10-8-25(14)17-11-15(13-31-33(2,27)28)21-20(23-17)19(24-32-21)16-6-7-22-26(16)18-5-3-4-9-30-18/h6-7,11,14,18H,3-5,8-10,12-13H2,1-2H3. The predicted molar refractivity (Wildman–Crippen MR) is 125 cm³/mol. The summed E-state index contributed by atoms with van der Waals surface area (Å²) in [5, 5.41) is 4.52. The Bertz CT molecular complexity index is 1240. The van der Waals surface area contributed by atoms with Crippen molar-refractivity contribution in [2.24, 2.45) is 0 Å². The van der Waals surface area contributed by atoms with E-state index < -0.39 is 10.1 Å². The van der Waals surface area contributed by atoms with Crippen LogP contribution in [-0.2, 0) is 30.4 Å². The minimum atomic E-state index is -3.60. The second-order valence-electron chi connectivity index (χ2n) is 8.41. The second-order valence-corrected chi connectivity index (χ2v) is 10.8. The number of ether oxygens (including phenoxy) is 2. The average molecular weight is 494 g/mol. The van der Waals surface area contributed by atoms with Crippen LogP contribution >= 0.6 is 11.5 Å². The summed E-state index contributed by atoms with van der Waals surface area (Å²) in [5.41, 5.74) is 3.00. The Morgan fingerprint density at radius 1 is 1.30 bits per heavy atom. The van der Waals surface area contributed by atoms with Crippen molar-refractivity contribution >= 4 is 37.7 Å². The van der Waals surface area contributed by atoms with E-state index >= 15 is 0 Å². The zero-order valence-electron chi connectivity index (χ0n) is 18.6. The van der Waals surface area contributed by atoms with Crippen molar-refractivity contribution in [1.82, 2.24) is 19.1 Å². The molecular weight excluding hydrogens is 466 g/mol. The van der Waals surface area contributed by atoms with Crippen molar-refractivity contribution in [2.75, 3.05) is 37.5 Å². The summed E-state index contributed by atoms with van der Waals surface area (Å²) in [7, 11) is -3.60. The van der Waals surface area contributed by atoms with Crippen LogP contribution in [0.5, 0.6) is 0 Å². The molecular formula is C21H27N5O5S2. The second kappa shape index (κ2) is 9.26. The van der Waals surface area contributed by atoms with Crippen LogP contribution in [0.4, 0.5) is 5.82 Å². The quantitative estimate of drug-likeness (QED) is 0.479. The van der Waals surface area contributed by atoms with Gasteiger partial charge >= 0.3 is 0 Å². The third kappa shape index (κ3) is 4.76. The van der Waals surface area contributed by atoms with Crippen LogP contribution in [0.25, 0.3) is 21.6 Å². The molecule has 0 aromatic carbocycles. The fraction of sp³-hybridized carbons (Fsp3) is 0.571. The van der Waals surface area contributed by atoms with Gasteiger partial charge in [0, 0.05) is 24.9 Å².